The van der Waals surface area contributed by atoms with Gasteiger partial charge in [0.05, 0.1) is 51.8 Å². The number of hydrogen-bond donors (Lipinski definition) is 3. The zero-order valence-electron chi connectivity index (χ0n) is 52.0. The molecule has 21 nitrogen and oxygen atoms in total. The molecular formula is C75H114BrN9O12S. The first-order valence-electron chi connectivity index (χ1n) is 32.1. The SMILES string of the molecule is C.C.C.C.C.C.C.CCC1CNC[C@@H]2CCCN12.N=S(=O)=O.NCC1CCCC1.O=C(CBr)CN1C(=O)c2ccccc2C1=O.O=C(CCCC1CCCC1)CN1C(=O)c2ccccc2C1=O.O=C(OCc1ccccc1)N1CC(CN2C(=O)c3ccccc3C2=O)N2CCC[C@H]2C1. The summed E-state index contributed by atoms with van der Waals surface area (Å²) in [6, 6.07) is 31.7. The lowest BCUT2D eigenvalue weighted by atomic mass is 9.99. The van der Waals surface area contributed by atoms with Crippen LogP contribution in [0.25, 0.3) is 0 Å². The predicted molar refractivity (Wildman–Crippen MR) is 393 cm³/mol. The fourth-order valence-corrected chi connectivity index (χ4v) is 14.0. The molecule has 6 fully saturated rings. The number of ketones is 2. The quantitative estimate of drug-likeness (QED) is 0.0737. The zero-order valence-corrected chi connectivity index (χ0v) is 54.4. The van der Waals surface area contributed by atoms with E-state index in [9.17, 15) is 43.2 Å². The second-order valence-corrected chi connectivity index (χ2v) is 25.5. The highest BCUT2D eigenvalue weighted by Gasteiger charge is 2.44. The summed E-state index contributed by atoms with van der Waals surface area (Å²) in [6.07, 6.45) is 19.1. The lowest BCUT2D eigenvalue weighted by molar-refractivity contribution is -0.119. The van der Waals surface area contributed by atoms with Gasteiger partial charge in [-0.05, 0) is 125 Å². The maximum absolute atomic E-state index is 12.8. The Morgan fingerprint density at radius 2 is 0.949 bits per heavy atom. The van der Waals surface area contributed by atoms with E-state index in [4.69, 9.17) is 23.7 Å². The number of imide groups is 3. The smallest absolute Gasteiger partial charge is 0.410 e. The number of piperazine rings is 2. The first-order chi connectivity index (χ1) is 44.0. The van der Waals surface area contributed by atoms with E-state index in [1.54, 1.807) is 77.7 Å². The van der Waals surface area contributed by atoms with Gasteiger partial charge in [-0.15, -0.1) is 0 Å². The molecule has 23 heteroatoms. The van der Waals surface area contributed by atoms with Crippen molar-refractivity contribution < 1.29 is 56.3 Å². The number of halogens is 1. The van der Waals surface area contributed by atoms with Crippen molar-refractivity contribution >= 4 is 79.5 Å². The molecule has 2 aliphatic carbocycles. The van der Waals surface area contributed by atoms with Crippen molar-refractivity contribution in [3.8, 4) is 0 Å². The predicted octanol–water partition coefficient (Wildman–Crippen LogP) is 13.3. The Hall–Kier alpha value is -7.15. The van der Waals surface area contributed by atoms with Crippen LogP contribution in [-0.4, -0.2) is 186 Å². The number of ether oxygens (including phenoxy) is 1. The molecule has 544 valence electrons. The first-order valence-corrected chi connectivity index (χ1v) is 34.3. The molecule has 2 unspecified atom stereocenters. The number of nitrogens with one attached hydrogen (secondary N) is 2. The Kier molecular flexibility index (Phi) is 40.0. The molecule has 0 bridgehead atoms. The summed E-state index contributed by atoms with van der Waals surface area (Å²) in [7, 11) is -2.61. The summed E-state index contributed by atoms with van der Waals surface area (Å²) in [5.41, 5.74) is 8.85. The highest BCUT2D eigenvalue weighted by Crippen LogP contribution is 2.32. The summed E-state index contributed by atoms with van der Waals surface area (Å²) >= 11 is 3.00. The monoisotopic (exact) mass is 1440 g/mol. The molecular weight excluding hydrogens is 1330 g/mol. The van der Waals surface area contributed by atoms with Crippen molar-refractivity contribution in [3.05, 3.63) is 142 Å². The van der Waals surface area contributed by atoms with Crippen LogP contribution < -0.4 is 11.1 Å². The molecule has 4 aromatic rings. The van der Waals surface area contributed by atoms with E-state index in [-0.39, 0.29) is 137 Å². The van der Waals surface area contributed by atoms with Crippen LogP contribution in [-0.2, 0) is 31.4 Å². The van der Waals surface area contributed by atoms with Crippen molar-refractivity contribution in [1.29, 1.82) is 4.78 Å². The second-order valence-electron chi connectivity index (χ2n) is 24.5. The summed E-state index contributed by atoms with van der Waals surface area (Å²) in [6.45, 7) is 9.25. The van der Waals surface area contributed by atoms with Gasteiger partial charge in [-0.1, -0.05) is 187 Å². The van der Waals surface area contributed by atoms with Gasteiger partial charge in [0.1, 0.15) is 6.61 Å². The molecule has 13 rings (SSSR count). The number of fused-ring (bicyclic) bond motifs is 5. The Labute approximate surface area is 594 Å². The van der Waals surface area contributed by atoms with Crippen LogP contribution in [0.4, 0.5) is 4.79 Å². The Morgan fingerprint density at radius 1 is 0.541 bits per heavy atom. The van der Waals surface area contributed by atoms with Gasteiger partial charge in [0.2, 0.25) is 0 Å². The van der Waals surface area contributed by atoms with Gasteiger partial charge >= 0.3 is 16.6 Å². The van der Waals surface area contributed by atoms with Crippen LogP contribution >= 0.6 is 15.9 Å². The molecule has 9 aliphatic rings. The van der Waals surface area contributed by atoms with E-state index in [1.165, 1.54) is 95.2 Å². The van der Waals surface area contributed by atoms with Crippen LogP contribution in [0.5, 0.6) is 0 Å². The molecule has 98 heavy (non-hydrogen) atoms. The van der Waals surface area contributed by atoms with E-state index in [1.807, 2.05) is 30.3 Å². The largest absolute Gasteiger partial charge is 0.445 e. The minimum absolute atomic E-state index is 0. The number of amides is 7. The fraction of sp³-hybridized carbons (Fsp3) is 0.560. The Morgan fingerprint density at radius 3 is 1.38 bits per heavy atom. The van der Waals surface area contributed by atoms with Crippen molar-refractivity contribution in [2.45, 2.75) is 192 Å². The van der Waals surface area contributed by atoms with Crippen molar-refractivity contribution in [2.24, 2.45) is 17.6 Å². The number of carbonyl (C=O) groups excluding carboxylic acids is 9. The number of Topliss-reactive ketones (excluding diaryl/α,β-unsaturated/α-hetero) is 2. The fourth-order valence-electron chi connectivity index (χ4n) is 13.8. The molecule has 4 aromatic carbocycles. The third kappa shape index (κ3) is 23.5. The maximum Gasteiger partial charge on any atom is 0.410 e. The number of benzene rings is 4. The average molecular weight is 1450 g/mol. The highest BCUT2D eigenvalue weighted by atomic mass is 79.9. The minimum Gasteiger partial charge on any atom is -0.445 e. The topological polar surface area (TPSA) is 278 Å². The summed E-state index contributed by atoms with van der Waals surface area (Å²) < 4.78 is 28.4. The van der Waals surface area contributed by atoms with Crippen LogP contribution in [0, 0.1) is 16.6 Å². The molecule has 7 heterocycles. The number of hydrogen-bond acceptors (Lipinski definition) is 17. The molecule has 4 saturated heterocycles. The van der Waals surface area contributed by atoms with Gasteiger partial charge in [0.15, 0.2) is 11.6 Å². The normalized spacial score (nSPS) is 20.0. The van der Waals surface area contributed by atoms with E-state index >= 15 is 0 Å². The third-order valence-electron chi connectivity index (χ3n) is 18.5. The number of rotatable bonds is 15. The van der Waals surface area contributed by atoms with E-state index < -0.39 is 22.3 Å². The van der Waals surface area contributed by atoms with E-state index in [0.29, 0.717) is 52.9 Å². The maximum atomic E-state index is 12.8. The van der Waals surface area contributed by atoms with Gasteiger partial charge in [-0.2, -0.15) is 13.2 Å². The van der Waals surface area contributed by atoms with Gasteiger partial charge in [-0.25, -0.2) is 4.79 Å². The van der Waals surface area contributed by atoms with Crippen LogP contribution in [0.1, 0.15) is 229 Å². The standard InChI is InChI=1S/C24H25N3O4.C18H21NO3.C11H8BrNO3.C9H18N2.C6H13N.7CH4.HNO2S/c28-22-20-10-4-5-11-21(20)23(29)27(22)15-19-14-25(13-18-9-6-12-26(18)19)24(30)31-16-17-7-2-1-3-8-17;20-14(9-5-8-13-6-1-2-7-13)12-19-17(21)15-10-3-4-11-16(15)18(19)22;12-5-7(14)6-13-10(15)8-3-1-2-4-9(8)11(13)16;1-2-8-6-10-7-9-4-3-5-11(8)9;7-5-6-3-1-2-4-6;;;;;;;;1-4(2)3/h1-5,7-8,10-11,18-19H,6,9,12-16H2;3-4,10-11,13H,1-2,5-9,12H2;1-4H,5-6H2;8-10H,2-7H2,1H3;6H,1-5,7H2;7*1H4;1H/t18-,19?;;;8?,9-;;;;;;;;;/m0..0........./s1. The number of carbonyl (C=O) groups is 9. The first kappa shape index (κ1) is 88.9. The number of nitrogens with zero attached hydrogens (tertiary/aromatic N) is 6. The Balaban J connectivity index is 0.000000633. The lowest BCUT2D eigenvalue weighted by Crippen LogP contribution is -2.61. The zero-order chi connectivity index (χ0) is 65.0. The van der Waals surface area contributed by atoms with Crippen molar-refractivity contribution in [2.75, 3.05) is 70.8 Å². The summed E-state index contributed by atoms with van der Waals surface area (Å²) in [4.78, 5) is 120. The molecule has 4 N–H and O–H groups in total. The molecule has 7 amide bonds. The van der Waals surface area contributed by atoms with Crippen LogP contribution in [0.15, 0.2) is 103 Å². The van der Waals surface area contributed by atoms with Crippen molar-refractivity contribution in [3.63, 3.8) is 0 Å². The van der Waals surface area contributed by atoms with E-state index in [0.717, 1.165) is 78.1 Å². The van der Waals surface area contributed by atoms with Crippen LogP contribution in [0.3, 0.4) is 0 Å². The van der Waals surface area contributed by atoms with Gasteiger partial charge < -0.3 is 20.7 Å². The molecule has 2 saturated carbocycles. The molecule has 7 aliphatic heterocycles. The van der Waals surface area contributed by atoms with Gasteiger partial charge in [0, 0.05) is 63.3 Å². The van der Waals surface area contributed by atoms with E-state index in [2.05, 4.69) is 38.0 Å². The molecule has 0 radical (unpaired) electrons. The van der Waals surface area contributed by atoms with Crippen LogP contribution in [0.2, 0.25) is 0 Å². The molecule has 4 atom stereocenters. The number of nitrogens with two attached hydrogens (primary N) is 1. The average Bonchev–Trinajstić information content (AvgIpc) is 1.64. The summed E-state index contributed by atoms with van der Waals surface area (Å²) in [5, 5.41) is 3.65. The second kappa shape index (κ2) is 44.1. The van der Waals surface area contributed by atoms with Crippen molar-refractivity contribution in [1.82, 2.24) is 34.7 Å². The summed E-state index contributed by atoms with van der Waals surface area (Å²) in [5.74, 6) is -0.548. The minimum atomic E-state index is -2.61. The number of alkyl halides is 1. The lowest BCUT2D eigenvalue weighted by Gasteiger charge is -2.44. The van der Waals surface area contributed by atoms with Gasteiger partial charge in [0.25, 0.3) is 35.4 Å². The van der Waals surface area contributed by atoms with Gasteiger partial charge in [-0.3, -0.25) is 62.9 Å². The molecule has 0 spiro atoms. The Bertz CT molecular complexity index is 3240. The highest BCUT2D eigenvalue weighted by molar-refractivity contribution is 9.09. The third-order valence-corrected chi connectivity index (χ3v) is 19.2. The molecule has 0 aromatic heterocycles.